The minimum atomic E-state index is -1.37. The van der Waals surface area contributed by atoms with E-state index < -0.39 is 22.8 Å². The normalized spacial score (nSPS) is 24.1. The van der Waals surface area contributed by atoms with Crippen molar-refractivity contribution in [2.45, 2.75) is 45.8 Å². The summed E-state index contributed by atoms with van der Waals surface area (Å²) in [6.07, 6.45) is 0.0309. The molecule has 1 fully saturated rings. The molecule has 2 N–H and O–H groups in total. The second kappa shape index (κ2) is 6.36. The fraction of sp³-hybridized carbons (Fsp3) is 0.450. The van der Waals surface area contributed by atoms with Crippen LogP contribution in [0.3, 0.4) is 0 Å². The summed E-state index contributed by atoms with van der Waals surface area (Å²) in [5.74, 6) is -1.48. The number of aromatic nitrogens is 1. The molecule has 2 unspecified atom stereocenters. The van der Waals surface area contributed by atoms with Gasteiger partial charge in [0.05, 0.1) is 17.2 Å². The number of rotatable bonds is 5. The Morgan fingerprint density at radius 3 is 2.65 bits per heavy atom. The minimum Gasteiger partial charge on any atom is -0.479 e. The van der Waals surface area contributed by atoms with Crippen LogP contribution in [0, 0.1) is 12.3 Å². The largest absolute Gasteiger partial charge is 0.479 e. The molecule has 0 radical (unpaired) electrons. The molecule has 0 bridgehead atoms. The highest BCUT2D eigenvalue weighted by molar-refractivity contribution is 6.07. The van der Waals surface area contributed by atoms with Gasteiger partial charge in [0.25, 0.3) is 5.91 Å². The van der Waals surface area contributed by atoms with Gasteiger partial charge in [-0.15, -0.1) is 0 Å². The summed E-state index contributed by atoms with van der Waals surface area (Å²) in [6, 6.07) is 9.11. The lowest BCUT2D eigenvalue weighted by Gasteiger charge is -2.58. The number of aliphatic carboxylic acids is 1. The highest BCUT2D eigenvalue weighted by Gasteiger charge is 2.66. The maximum absolute atomic E-state index is 13.0. The fourth-order valence-corrected chi connectivity index (χ4v) is 3.73. The van der Waals surface area contributed by atoms with Gasteiger partial charge in [-0.25, -0.2) is 4.79 Å². The number of nitrogens with zero attached hydrogens (tertiary/aromatic N) is 1. The molecule has 1 aliphatic rings. The van der Waals surface area contributed by atoms with Crippen LogP contribution in [0.25, 0.3) is 10.9 Å². The van der Waals surface area contributed by atoms with E-state index in [2.05, 4.69) is 10.3 Å². The monoisotopic (exact) mass is 356 g/mol. The molecule has 1 aromatic heterocycles. The number of para-hydroxylation sites is 1. The van der Waals surface area contributed by atoms with Gasteiger partial charge in [-0.2, -0.15) is 0 Å². The van der Waals surface area contributed by atoms with Crippen LogP contribution in [-0.4, -0.2) is 40.2 Å². The van der Waals surface area contributed by atoms with Gasteiger partial charge in [0, 0.05) is 29.5 Å². The average Bonchev–Trinajstić information content (AvgIpc) is 2.59. The van der Waals surface area contributed by atoms with Gasteiger partial charge < -0.3 is 15.2 Å². The van der Waals surface area contributed by atoms with Crippen molar-refractivity contribution in [1.29, 1.82) is 0 Å². The molecule has 3 rings (SSSR count). The van der Waals surface area contributed by atoms with E-state index in [1.165, 1.54) is 0 Å². The average molecular weight is 356 g/mol. The van der Waals surface area contributed by atoms with Crippen molar-refractivity contribution in [1.82, 2.24) is 10.3 Å². The summed E-state index contributed by atoms with van der Waals surface area (Å²) in [7, 11) is 0. The van der Waals surface area contributed by atoms with Gasteiger partial charge in [-0.1, -0.05) is 32.0 Å². The first kappa shape index (κ1) is 18.3. The first-order chi connectivity index (χ1) is 12.2. The number of aryl methyl sites for hydroxylation is 1. The second-order valence-corrected chi connectivity index (χ2v) is 7.36. The van der Waals surface area contributed by atoms with Crippen LogP contribution >= 0.6 is 0 Å². The van der Waals surface area contributed by atoms with Gasteiger partial charge in [0.1, 0.15) is 5.54 Å². The number of nitrogens with one attached hydrogen (secondary N) is 1. The number of fused-ring (bicyclic) bond motifs is 1. The van der Waals surface area contributed by atoms with Crippen molar-refractivity contribution in [3.05, 3.63) is 41.6 Å². The smallest absolute Gasteiger partial charge is 0.330 e. The van der Waals surface area contributed by atoms with E-state index in [1.54, 1.807) is 12.1 Å². The third-order valence-electron chi connectivity index (χ3n) is 5.56. The van der Waals surface area contributed by atoms with Crippen LogP contribution in [0.2, 0.25) is 0 Å². The Kier molecular flexibility index (Phi) is 4.48. The Bertz CT molecular complexity index is 877. The Morgan fingerprint density at radius 2 is 2.04 bits per heavy atom. The topological polar surface area (TPSA) is 88.5 Å². The maximum Gasteiger partial charge on any atom is 0.330 e. The molecule has 1 aliphatic carbocycles. The van der Waals surface area contributed by atoms with E-state index >= 15 is 0 Å². The van der Waals surface area contributed by atoms with E-state index in [0.717, 1.165) is 11.1 Å². The fourth-order valence-electron chi connectivity index (χ4n) is 3.73. The summed E-state index contributed by atoms with van der Waals surface area (Å²) in [6.45, 7) is 7.87. The molecule has 0 spiro atoms. The van der Waals surface area contributed by atoms with Crippen LogP contribution < -0.4 is 5.32 Å². The SMILES string of the molecule is CCOC1CC(NC(=O)c2cccc3ccc(C)nc23)(C(=O)O)C1(C)C. The third kappa shape index (κ3) is 2.65. The minimum absolute atomic E-state index is 0.211. The number of carboxylic acids is 1. The zero-order chi connectivity index (χ0) is 19.1. The summed E-state index contributed by atoms with van der Waals surface area (Å²) in [4.78, 5) is 29.5. The summed E-state index contributed by atoms with van der Waals surface area (Å²) in [5, 5.41) is 13.5. The van der Waals surface area contributed by atoms with Crippen molar-refractivity contribution in [2.75, 3.05) is 6.61 Å². The molecule has 6 nitrogen and oxygen atoms in total. The van der Waals surface area contributed by atoms with Crippen LogP contribution in [-0.2, 0) is 9.53 Å². The number of benzene rings is 1. The summed E-state index contributed by atoms with van der Waals surface area (Å²) in [5.41, 5.74) is -0.341. The maximum atomic E-state index is 13.0. The van der Waals surface area contributed by atoms with Gasteiger partial charge in [0.2, 0.25) is 0 Å². The zero-order valence-corrected chi connectivity index (χ0v) is 15.5. The van der Waals surface area contributed by atoms with E-state index in [-0.39, 0.29) is 12.5 Å². The molecule has 1 saturated carbocycles. The lowest BCUT2D eigenvalue weighted by atomic mass is 9.54. The predicted octanol–water partition coefficient (Wildman–Crippen LogP) is 2.93. The Morgan fingerprint density at radius 1 is 1.31 bits per heavy atom. The first-order valence-corrected chi connectivity index (χ1v) is 8.77. The third-order valence-corrected chi connectivity index (χ3v) is 5.56. The lowest BCUT2D eigenvalue weighted by molar-refractivity contribution is -0.190. The Hall–Kier alpha value is -2.47. The number of hydrogen-bond acceptors (Lipinski definition) is 4. The van der Waals surface area contributed by atoms with Gasteiger partial charge in [-0.05, 0) is 26.0 Å². The first-order valence-electron chi connectivity index (χ1n) is 8.77. The molecule has 0 aliphatic heterocycles. The number of pyridine rings is 1. The van der Waals surface area contributed by atoms with Crippen LogP contribution in [0.15, 0.2) is 30.3 Å². The van der Waals surface area contributed by atoms with E-state index in [4.69, 9.17) is 4.74 Å². The lowest BCUT2D eigenvalue weighted by Crippen LogP contribution is -2.76. The molecule has 0 saturated heterocycles. The van der Waals surface area contributed by atoms with Crippen molar-refractivity contribution in [2.24, 2.45) is 5.41 Å². The number of ether oxygens (including phenoxy) is 1. The molecule has 2 atom stereocenters. The highest BCUT2D eigenvalue weighted by atomic mass is 16.5. The molecule has 138 valence electrons. The molecular weight excluding hydrogens is 332 g/mol. The molecule has 1 aromatic carbocycles. The van der Waals surface area contributed by atoms with Crippen molar-refractivity contribution in [3.63, 3.8) is 0 Å². The van der Waals surface area contributed by atoms with Crippen LogP contribution in [0.5, 0.6) is 0 Å². The number of amides is 1. The van der Waals surface area contributed by atoms with Gasteiger partial charge in [-0.3, -0.25) is 9.78 Å². The molecule has 26 heavy (non-hydrogen) atoms. The van der Waals surface area contributed by atoms with Crippen molar-refractivity contribution >= 4 is 22.8 Å². The summed E-state index contributed by atoms with van der Waals surface area (Å²) < 4.78 is 5.64. The van der Waals surface area contributed by atoms with Gasteiger partial charge in [0.15, 0.2) is 0 Å². The number of carbonyl (C=O) groups excluding carboxylic acids is 1. The molecular formula is C20H24N2O4. The van der Waals surface area contributed by atoms with E-state index in [9.17, 15) is 14.7 Å². The predicted molar refractivity (Wildman–Crippen MR) is 98.1 cm³/mol. The second-order valence-electron chi connectivity index (χ2n) is 7.36. The molecule has 1 heterocycles. The highest BCUT2D eigenvalue weighted by Crippen LogP contribution is 2.51. The van der Waals surface area contributed by atoms with E-state index in [1.807, 2.05) is 45.9 Å². The van der Waals surface area contributed by atoms with Crippen molar-refractivity contribution in [3.8, 4) is 0 Å². The number of hydrogen-bond donors (Lipinski definition) is 2. The molecule has 2 aromatic rings. The summed E-state index contributed by atoms with van der Waals surface area (Å²) >= 11 is 0. The quantitative estimate of drug-likeness (QED) is 0.860. The van der Waals surface area contributed by atoms with Gasteiger partial charge >= 0.3 is 5.97 Å². The van der Waals surface area contributed by atoms with Crippen molar-refractivity contribution < 1.29 is 19.4 Å². The van der Waals surface area contributed by atoms with Crippen LogP contribution in [0.1, 0.15) is 43.2 Å². The zero-order valence-electron chi connectivity index (χ0n) is 15.5. The Balaban J connectivity index is 1.96. The number of carboxylic acid groups (broad SMARTS) is 1. The molecule has 1 amide bonds. The van der Waals surface area contributed by atoms with E-state index in [0.29, 0.717) is 17.7 Å². The standard InChI is InChI=1S/C20H24N2O4/c1-5-26-15-11-20(18(24)25,19(15,3)4)22-17(23)14-8-6-7-13-10-9-12(2)21-16(13)14/h6-10,15H,5,11H2,1-4H3,(H,22,23)(H,24,25). The number of carbonyl (C=O) groups is 2. The Labute approximate surface area is 152 Å². The van der Waals surface area contributed by atoms with Crippen LogP contribution in [0.4, 0.5) is 0 Å². The molecule has 6 heteroatoms.